The molecule has 2 fully saturated rings. The van der Waals surface area contributed by atoms with Gasteiger partial charge in [-0.15, -0.1) is 0 Å². The standard InChI is InChI=1S/C32H36FN3O3/c1-22-20-34(21-23(2)39-22)17-18-38-30-12-11-24(33)19-29(30)32(37)36-15-13-35(14-16-36)31-27-9-5-3-7-25(27)26-8-4-6-10-28(26)31/h3-12,19,22-23,31H,13-18,20-21H2,1-2H3/t22-,23+. The Morgan fingerprint density at radius 3 is 2.15 bits per heavy atom. The fourth-order valence-corrected chi connectivity index (χ4v) is 6.42. The van der Waals surface area contributed by atoms with Crippen LogP contribution in [0.15, 0.2) is 66.7 Å². The van der Waals surface area contributed by atoms with Crippen LogP contribution in [0.1, 0.15) is 41.4 Å². The van der Waals surface area contributed by atoms with Crippen molar-refractivity contribution in [3.05, 3.63) is 89.2 Å². The summed E-state index contributed by atoms with van der Waals surface area (Å²) >= 11 is 0. The van der Waals surface area contributed by atoms with Crippen molar-refractivity contribution in [2.75, 3.05) is 52.4 Å². The molecule has 2 atom stereocenters. The van der Waals surface area contributed by atoms with Gasteiger partial charge in [0.05, 0.1) is 23.8 Å². The number of morpholine rings is 1. The summed E-state index contributed by atoms with van der Waals surface area (Å²) in [6, 6.07) is 21.6. The van der Waals surface area contributed by atoms with Crippen LogP contribution in [0.25, 0.3) is 11.1 Å². The second-order valence-electron chi connectivity index (χ2n) is 10.9. The Labute approximate surface area is 229 Å². The van der Waals surface area contributed by atoms with E-state index < -0.39 is 5.82 Å². The molecule has 0 aromatic heterocycles. The maximum absolute atomic E-state index is 14.3. The summed E-state index contributed by atoms with van der Waals surface area (Å²) < 4.78 is 26.1. The Morgan fingerprint density at radius 2 is 1.51 bits per heavy atom. The number of benzene rings is 3. The van der Waals surface area contributed by atoms with Gasteiger partial charge >= 0.3 is 0 Å². The molecule has 204 valence electrons. The molecule has 0 N–H and O–H groups in total. The summed E-state index contributed by atoms with van der Waals surface area (Å²) in [4.78, 5) is 20.2. The number of rotatable bonds is 6. The Morgan fingerprint density at radius 1 is 0.897 bits per heavy atom. The van der Waals surface area contributed by atoms with E-state index in [1.165, 1.54) is 34.4 Å². The fraction of sp³-hybridized carbons (Fsp3) is 0.406. The van der Waals surface area contributed by atoms with Crippen molar-refractivity contribution >= 4 is 5.91 Å². The van der Waals surface area contributed by atoms with E-state index in [2.05, 4.69) is 72.2 Å². The van der Waals surface area contributed by atoms with Crippen molar-refractivity contribution in [1.82, 2.24) is 14.7 Å². The molecule has 7 heteroatoms. The molecule has 2 saturated heterocycles. The molecule has 3 aromatic rings. The van der Waals surface area contributed by atoms with Crippen LogP contribution in [0.5, 0.6) is 5.75 Å². The van der Waals surface area contributed by atoms with Crippen LogP contribution < -0.4 is 4.74 Å². The first kappa shape index (κ1) is 26.0. The second-order valence-corrected chi connectivity index (χ2v) is 10.9. The first-order chi connectivity index (χ1) is 19.0. The molecule has 2 heterocycles. The van der Waals surface area contributed by atoms with Crippen molar-refractivity contribution in [3.8, 4) is 16.9 Å². The summed E-state index contributed by atoms with van der Waals surface area (Å²) in [6.07, 6.45) is 0.364. The Hall–Kier alpha value is -3.26. The zero-order valence-electron chi connectivity index (χ0n) is 22.7. The fourth-order valence-electron chi connectivity index (χ4n) is 6.42. The number of hydrogen-bond donors (Lipinski definition) is 0. The maximum atomic E-state index is 14.3. The molecule has 0 saturated carbocycles. The van der Waals surface area contributed by atoms with Crippen molar-refractivity contribution < 1.29 is 18.7 Å². The number of nitrogens with zero attached hydrogens (tertiary/aromatic N) is 3. The number of carbonyl (C=O) groups is 1. The summed E-state index contributed by atoms with van der Waals surface area (Å²) in [5.74, 6) is -0.166. The van der Waals surface area contributed by atoms with Crippen LogP contribution >= 0.6 is 0 Å². The normalized spacial score (nSPS) is 22.0. The van der Waals surface area contributed by atoms with Crippen LogP contribution in [-0.4, -0.2) is 85.2 Å². The Bertz CT molecular complexity index is 1280. The van der Waals surface area contributed by atoms with E-state index in [4.69, 9.17) is 9.47 Å². The monoisotopic (exact) mass is 529 g/mol. The average molecular weight is 530 g/mol. The van der Waals surface area contributed by atoms with Crippen LogP contribution in [0.4, 0.5) is 4.39 Å². The van der Waals surface area contributed by atoms with Gasteiger partial charge in [0.2, 0.25) is 0 Å². The first-order valence-electron chi connectivity index (χ1n) is 14.0. The van der Waals surface area contributed by atoms with E-state index in [1.807, 2.05) is 4.90 Å². The van der Waals surface area contributed by atoms with Crippen molar-refractivity contribution in [3.63, 3.8) is 0 Å². The first-order valence-corrected chi connectivity index (χ1v) is 14.0. The van der Waals surface area contributed by atoms with E-state index >= 15 is 0 Å². The average Bonchev–Trinajstić information content (AvgIpc) is 3.27. The molecule has 0 spiro atoms. The summed E-state index contributed by atoms with van der Waals surface area (Å²) in [5, 5.41) is 0. The number of hydrogen-bond acceptors (Lipinski definition) is 5. The molecule has 1 aliphatic carbocycles. The topological polar surface area (TPSA) is 45.2 Å². The number of piperazine rings is 1. The summed E-state index contributed by atoms with van der Waals surface area (Å²) in [7, 11) is 0. The number of amides is 1. The van der Waals surface area contributed by atoms with E-state index in [1.54, 1.807) is 6.07 Å². The van der Waals surface area contributed by atoms with E-state index in [0.29, 0.717) is 31.0 Å². The van der Waals surface area contributed by atoms with Crippen LogP contribution in [-0.2, 0) is 4.74 Å². The Kier molecular flexibility index (Phi) is 7.38. The SMILES string of the molecule is C[C@@H]1CN(CCOc2ccc(F)cc2C(=O)N2CCN(C3c4ccccc4-c4ccccc43)CC2)C[C@H](C)O1. The van der Waals surface area contributed by atoms with Crippen LogP contribution in [0, 0.1) is 5.82 Å². The maximum Gasteiger partial charge on any atom is 0.257 e. The number of halogens is 1. The van der Waals surface area contributed by atoms with E-state index in [9.17, 15) is 9.18 Å². The molecular formula is C32H36FN3O3. The molecular weight excluding hydrogens is 493 g/mol. The van der Waals surface area contributed by atoms with Gasteiger partial charge in [0.15, 0.2) is 0 Å². The minimum atomic E-state index is -0.431. The molecule has 3 aromatic carbocycles. The van der Waals surface area contributed by atoms with Gasteiger partial charge in [0, 0.05) is 45.8 Å². The molecule has 3 aliphatic rings. The summed E-state index contributed by atoms with van der Waals surface area (Å²) in [6.45, 7) is 9.67. The zero-order chi connectivity index (χ0) is 26.9. The van der Waals surface area contributed by atoms with Crippen LogP contribution in [0.2, 0.25) is 0 Å². The highest BCUT2D eigenvalue weighted by Gasteiger charge is 2.35. The van der Waals surface area contributed by atoms with Gasteiger partial charge in [0.25, 0.3) is 5.91 Å². The molecule has 6 rings (SSSR count). The Balaban J connectivity index is 1.11. The lowest BCUT2D eigenvalue weighted by Crippen LogP contribution is -2.49. The molecule has 0 radical (unpaired) electrons. The smallest absolute Gasteiger partial charge is 0.257 e. The quantitative estimate of drug-likeness (QED) is 0.457. The van der Waals surface area contributed by atoms with Gasteiger partial charge in [-0.05, 0) is 54.3 Å². The second kappa shape index (κ2) is 11.1. The zero-order valence-corrected chi connectivity index (χ0v) is 22.7. The lowest BCUT2D eigenvalue weighted by molar-refractivity contribution is -0.0699. The lowest BCUT2D eigenvalue weighted by Gasteiger charge is -2.39. The molecule has 6 nitrogen and oxygen atoms in total. The van der Waals surface area contributed by atoms with Gasteiger partial charge in [-0.3, -0.25) is 14.6 Å². The van der Waals surface area contributed by atoms with Crippen molar-refractivity contribution in [2.45, 2.75) is 32.1 Å². The lowest BCUT2D eigenvalue weighted by atomic mass is 10.0. The van der Waals surface area contributed by atoms with Gasteiger partial charge in [-0.1, -0.05) is 48.5 Å². The molecule has 0 bridgehead atoms. The minimum Gasteiger partial charge on any atom is -0.491 e. The van der Waals surface area contributed by atoms with Gasteiger partial charge in [-0.25, -0.2) is 4.39 Å². The number of carbonyl (C=O) groups excluding carboxylic acids is 1. The van der Waals surface area contributed by atoms with E-state index in [-0.39, 0.29) is 24.2 Å². The molecule has 39 heavy (non-hydrogen) atoms. The molecule has 0 unspecified atom stereocenters. The predicted octanol–water partition coefficient (Wildman–Crippen LogP) is 4.84. The number of ether oxygens (including phenoxy) is 2. The highest BCUT2D eigenvalue weighted by molar-refractivity contribution is 5.97. The third kappa shape index (κ3) is 5.31. The highest BCUT2D eigenvalue weighted by Crippen LogP contribution is 2.46. The number of fused-ring (bicyclic) bond motifs is 3. The third-order valence-corrected chi connectivity index (χ3v) is 8.10. The van der Waals surface area contributed by atoms with Crippen molar-refractivity contribution in [2.24, 2.45) is 0 Å². The molecule has 2 aliphatic heterocycles. The van der Waals surface area contributed by atoms with E-state index in [0.717, 1.165) is 32.7 Å². The van der Waals surface area contributed by atoms with Gasteiger partial charge in [0.1, 0.15) is 18.2 Å². The van der Waals surface area contributed by atoms with Crippen molar-refractivity contribution in [1.29, 1.82) is 0 Å². The van der Waals surface area contributed by atoms with Gasteiger partial charge < -0.3 is 14.4 Å². The van der Waals surface area contributed by atoms with Gasteiger partial charge in [-0.2, -0.15) is 0 Å². The third-order valence-electron chi connectivity index (χ3n) is 8.10. The largest absolute Gasteiger partial charge is 0.491 e. The highest BCUT2D eigenvalue weighted by atomic mass is 19.1. The molecule has 1 amide bonds. The van der Waals surface area contributed by atoms with Crippen LogP contribution in [0.3, 0.4) is 0 Å². The minimum absolute atomic E-state index is 0.176. The predicted molar refractivity (Wildman–Crippen MR) is 150 cm³/mol. The summed E-state index contributed by atoms with van der Waals surface area (Å²) in [5.41, 5.74) is 5.52.